The normalized spacial score (nSPS) is 28.6. The highest BCUT2D eigenvalue weighted by atomic mass is 35.5. The van der Waals surface area contributed by atoms with Crippen molar-refractivity contribution in [3.05, 3.63) is 28.8 Å². The minimum Gasteiger partial charge on any atom is -0.426 e. The molecule has 0 bridgehead atoms. The summed E-state index contributed by atoms with van der Waals surface area (Å²) in [5, 5.41) is 0.672. The summed E-state index contributed by atoms with van der Waals surface area (Å²) in [5.41, 5.74) is 2.23. The number of hydrogen-bond acceptors (Lipinski definition) is 5. The van der Waals surface area contributed by atoms with Gasteiger partial charge in [-0.1, -0.05) is 23.7 Å². The van der Waals surface area contributed by atoms with Crippen LogP contribution < -0.4 is 4.90 Å². The van der Waals surface area contributed by atoms with Gasteiger partial charge in [-0.05, 0) is 36.3 Å². The van der Waals surface area contributed by atoms with Gasteiger partial charge in [0.2, 0.25) is 0 Å². The van der Waals surface area contributed by atoms with E-state index in [2.05, 4.69) is 14.5 Å². The summed E-state index contributed by atoms with van der Waals surface area (Å²) in [6.45, 7) is 5.15. The van der Waals surface area contributed by atoms with Gasteiger partial charge >= 0.3 is 18.4 Å². The molecular formula is C24H28ClF6N3O3. The van der Waals surface area contributed by atoms with Crippen LogP contribution in [0.15, 0.2) is 18.2 Å². The first kappa shape index (κ1) is 26.7. The summed E-state index contributed by atoms with van der Waals surface area (Å²) in [4.78, 5) is 17.6. The van der Waals surface area contributed by atoms with Crippen LogP contribution in [0.3, 0.4) is 0 Å². The van der Waals surface area contributed by atoms with Gasteiger partial charge < -0.3 is 19.3 Å². The zero-order valence-corrected chi connectivity index (χ0v) is 20.7. The fourth-order valence-electron chi connectivity index (χ4n) is 6.24. The molecule has 6 nitrogen and oxygen atoms in total. The number of amides is 1. The number of anilines is 1. The molecule has 3 unspecified atom stereocenters. The van der Waals surface area contributed by atoms with E-state index in [1.54, 1.807) is 0 Å². The number of likely N-dealkylation sites (tertiary alicyclic amines) is 2. The molecule has 4 aliphatic rings. The second-order valence-corrected chi connectivity index (χ2v) is 11.1. The van der Waals surface area contributed by atoms with Crippen LogP contribution >= 0.6 is 11.6 Å². The molecule has 0 radical (unpaired) electrons. The third kappa shape index (κ3) is 5.47. The lowest BCUT2D eigenvalue weighted by Gasteiger charge is -2.28. The average molecular weight is 556 g/mol. The third-order valence-electron chi connectivity index (χ3n) is 8.04. The predicted octanol–water partition coefficient (Wildman–Crippen LogP) is 4.95. The summed E-state index contributed by atoms with van der Waals surface area (Å²) in [5.74, 6) is -0.118. The van der Waals surface area contributed by atoms with E-state index in [-0.39, 0.29) is 30.3 Å². The minimum atomic E-state index is -5.73. The number of carbonyl (C=O) groups is 1. The highest BCUT2D eigenvalue weighted by Gasteiger charge is 2.60. The first-order chi connectivity index (χ1) is 17.3. The van der Waals surface area contributed by atoms with E-state index in [0.717, 1.165) is 55.3 Å². The summed E-state index contributed by atoms with van der Waals surface area (Å²) in [6.07, 6.45) is -15.1. The van der Waals surface area contributed by atoms with Crippen molar-refractivity contribution in [2.24, 2.45) is 17.3 Å². The SMILES string of the molecule is O=C(OC(C(F)(F)F)C(F)(F)F)N1CC2CN(Cc3cccc(Cl)c3N3CCC4(CCOC4)C3)CC2C1. The Morgan fingerprint density at radius 1 is 1.08 bits per heavy atom. The average Bonchev–Trinajstić information content (AvgIpc) is 3.56. The van der Waals surface area contributed by atoms with Gasteiger partial charge in [0, 0.05) is 57.8 Å². The number of carbonyl (C=O) groups excluding carboxylic acids is 1. The maximum Gasteiger partial charge on any atom is 0.434 e. The van der Waals surface area contributed by atoms with E-state index < -0.39 is 24.5 Å². The van der Waals surface area contributed by atoms with Gasteiger partial charge in [0.25, 0.3) is 6.10 Å². The Balaban J connectivity index is 1.20. The van der Waals surface area contributed by atoms with Gasteiger partial charge in [-0.25, -0.2) is 4.79 Å². The lowest BCUT2D eigenvalue weighted by atomic mass is 9.87. The van der Waals surface area contributed by atoms with Crippen LogP contribution in [0.1, 0.15) is 18.4 Å². The molecule has 0 N–H and O–H groups in total. The second-order valence-electron chi connectivity index (χ2n) is 10.7. The van der Waals surface area contributed by atoms with E-state index >= 15 is 0 Å². The van der Waals surface area contributed by atoms with E-state index in [1.807, 2.05) is 18.2 Å². The lowest BCUT2D eigenvalue weighted by Crippen LogP contribution is -2.48. The van der Waals surface area contributed by atoms with Gasteiger partial charge in [-0.2, -0.15) is 26.3 Å². The first-order valence-corrected chi connectivity index (χ1v) is 12.6. The van der Waals surface area contributed by atoms with Crippen LogP contribution in [0.5, 0.6) is 0 Å². The largest absolute Gasteiger partial charge is 0.434 e. The number of hydrogen-bond donors (Lipinski definition) is 0. The Labute approximate surface area is 215 Å². The number of alkyl halides is 6. The molecule has 1 amide bonds. The number of rotatable bonds is 4. The summed E-state index contributed by atoms with van der Waals surface area (Å²) < 4.78 is 86.1. The Bertz CT molecular complexity index is 988. The number of benzene rings is 1. The summed E-state index contributed by atoms with van der Waals surface area (Å²) >= 11 is 6.64. The molecule has 0 aliphatic carbocycles. The van der Waals surface area contributed by atoms with Crippen molar-refractivity contribution in [1.82, 2.24) is 9.80 Å². The van der Waals surface area contributed by atoms with Gasteiger partial charge in [0.05, 0.1) is 17.3 Å². The van der Waals surface area contributed by atoms with Crippen molar-refractivity contribution in [2.75, 3.05) is 57.4 Å². The third-order valence-corrected chi connectivity index (χ3v) is 8.34. The molecule has 3 atom stereocenters. The van der Waals surface area contributed by atoms with Crippen LogP contribution in [-0.2, 0) is 16.0 Å². The Morgan fingerprint density at radius 2 is 1.76 bits per heavy atom. The monoisotopic (exact) mass is 555 g/mol. The van der Waals surface area contributed by atoms with Crippen molar-refractivity contribution >= 4 is 23.4 Å². The number of nitrogens with zero attached hydrogens (tertiary/aromatic N) is 3. The van der Waals surface area contributed by atoms with Crippen LogP contribution in [0.4, 0.5) is 36.8 Å². The fraction of sp³-hybridized carbons (Fsp3) is 0.708. The Morgan fingerprint density at radius 3 is 2.35 bits per heavy atom. The maximum atomic E-state index is 12.8. The van der Waals surface area contributed by atoms with E-state index in [0.29, 0.717) is 24.7 Å². The Hall–Kier alpha value is -1.92. The smallest absolute Gasteiger partial charge is 0.426 e. The number of para-hydroxylation sites is 1. The highest BCUT2D eigenvalue weighted by molar-refractivity contribution is 6.33. The molecule has 4 fully saturated rings. The number of halogens is 7. The zero-order chi connectivity index (χ0) is 26.6. The van der Waals surface area contributed by atoms with E-state index in [1.165, 1.54) is 0 Å². The minimum absolute atomic E-state index is 0.0550. The maximum absolute atomic E-state index is 12.8. The van der Waals surface area contributed by atoms with Gasteiger partial charge in [-0.3, -0.25) is 4.90 Å². The van der Waals surface area contributed by atoms with E-state index in [4.69, 9.17) is 16.3 Å². The molecule has 4 aliphatic heterocycles. The summed E-state index contributed by atoms with van der Waals surface area (Å²) in [7, 11) is 0. The molecule has 1 aromatic carbocycles. The molecule has 4 heterocycles. The van der Waals surface area contributed by atoms with Crippen molar-refractivity contribution in [3.63, 3.8) is 0 Å². The van der Waals surface area contributed by atoms with Crippen LogP contribution in [0.2, 0.25) is 5.02 Å². The van der Waals surface area contributed by atoms with Crippen molar-refractivity contribution in [2.45, 2.75) is 37.8 Å². The lowest BCUT2D eigenvalue weighted by molar-refractivity contribution is -0.308. The van der Waals surface area contributed by atoms with Crippen molar-refractivity contribution in [3.8, 4) is 0 Å². The van der Waals surface area contributed by atoms with Crippen LogP contribution in [0.25, 0.3) is 0 Å². The van der Waals surface area contributed by atoms with Crippen LogP contribution in [-0.4, -0.2) is 86.8 Å². The molecule has 1 spiro atoms. The predicted molar refractivity (Wildman–Crippen MR) is 122 cm³/mol. The van der Waals surface area contributed by atoms with Crippen molar-refractivity contribution in [1.29, 1.82) is 0 Å². The Kier molecular flexibility index (Phi) is 6.98. The molecule has 0 saturated carbocycles. The molecular weight excluding hydrogens is 528 g/mol. The molecule has 37 heavy (non-hydrogen) atoms. The van der Waals surface area contributed by atoms with Gasteiger partial charge in [0.1, 0.15) is 0 Å². The standard InChI is InChI=1S/C24H28ClF6N3O3/c25-18-3-1-2-15(19(18)33-6-4-22(13-33)5-7-36-14-22)8-32-9-16-11-34(12-17(16)10-32)21(35)37-20(23(26,27)28)24(29,30)31/h1-3,16-17,20H,4-14H2. The topological polar surface area (TPSA) is 45.2 Å². The highest BCUT2D eigenvalue weighted by Crippen LogP contribution is 2.44. The molecule has 13 heteroatoms. The van der Waals surface area contributed by atoms with Crippen molar-refractivity contribution < 1.29 is 40.6 Å². The molecule has 4 saturated heterocycles. The van der Waals surface area contributed by atoms with E-state index in [9.17, 15) is 31.1 Å². The fourth-order valence-corrected chi connectivity index (χ4v) is 6.56. The number of fused-ring (bicyclic) bond motifs is 1. The zero-order valence-electron chi connectivity index (χ0n) is 20.0. The van der Waals surface area contributed by atoms with Crippen LogP contribution in [0, 0.1) is 17.3 Å². The van der Waals surface area contributed by atoms with Gasteiger partial charge in [0.15, 0.2) is 0 Å². The first-order valence-electron chi connectivity index (χ1n) is 12.3. The molecule has 206 valence electrons. The second kappa shape index (κ2) is 9.68. The molecule has 5 rings (SSSR count). The summed E-state index contributed by atoms with van der Waals surface area (Å²) in [6, 6.07) is 5.80. The molecule has 0 aromatic heterocycles. The molecule has 1 aromatic rings. The quantitative estimate of drug-likeness (QED) is 0.492. The van der Waals surface area contributed by atoms with Gasteiger partial charge in [-0.15, -0.1) is 0 Å². The number of ether oxygens (including phenoxy) is 2.